The van der Waals surface area contributed by atoms with Crippen molar-refractivity contribution in [2.45, 2.75) is 33.1 Å². The minimum atomic E-state index is 0.233. The normalized spacial score (nSPS) is 11.6. The van der Waals surface area contributed by atoms with Gasteiger partial charge in [-0.15, -0.1) is 0 Å². The summed E-state index contributed by atoms with van der Waals surface area (Å²) in [7, 11) is 0. The van der Waals surface area contributed by atoms with Crippen molar-refractivity contribution in [1.29, 1.82) is 0 Å². The smallest absolute Gasteiger partial charge is 0.140 e. The average Bonchev–Trinajstić information content (AvgIpc) is 2.40. The van der Waals surface area contributed by atoms with Gasteiger partial charge in [-0.25, -0.2) is 9.97 Å². The molecule has 3 N–H and O–H groups in total. The molecule has 0 aliphatic heterocycles. The van der Waals surface area contributed by atoms with Gasteiger partial charge in [0, 0.05) is 31.3 Å². The van der Waals surface area contributed by atoms with Crippen molar-refractivity contribution in [1.82, 2.24) is 9.97 Å². The van der Waals surface area contributed by atoms with E-state index in [1.807, 2.05) is 13.0 Å². The Morgan fingerprint density at radius 3 is 2.83 bits per heavy atom. The first-order valence-corrected chi connectivity index (χ1v) is 6.23. The quantitative estimate of drug-likeness (QED) is 0.331. The number of rotatable bonds is 7. The van der Waals surface area contributed by atoms with Crippen LogP contribution in [0.3, 0.4) is 0 Å². The molecule has 0 aliphatic rings. The second-order valence-corrected chi connectivity index (χ2v) is 4.04. The number of amidine groups is 1. The molecule has 100 valence electrons. The van der Waals surface area contributed by atoms with E-state index >= 15 is 0 Å². The van der Waals surface area contributed by atoms with Crippen molar-refractivity contribution >= 4 is 11.7 Å². The summed E-state index contributed by atoms with van der Waals surface area (Å²) < 4.78 is 0. The van der Waals surface area contributed by atoms with Crippen LogP contribution in [0.15, 0.2) is 17.5 Å². The summed E-state index contributed by atoms with van der Waals surface area (Å²) in [6, 6.07) is 2.00. The van der Waals surface area contributed by atoms with Crippen LogP contribution in [0.2, 0.25) is 0 Å². The Labute approximate surface area is 108 Å². The van der Waals surface area contributed by atoms with E-state index in [-0.39, 0.29) is 5.84 Å². The third kappa shape index (κ3) is 4.20. The number of hydrogen-bond acceptors (Lipinski definition) is 5. The fraction of sp³-hybridized carbons (Fsp3) is 0.583. The number of oxime groups is 1. The van der Waals surface area contributed by atoms with Crippen molar-refractivity contribution in [3.8, 4) is 0 Å². The van der Waals surface area contributed by atoms with Crippen LogP contribution < -0.4 is 10.6 Å². The summed E-state index contributed by atoms with van der Waals surface area (Å²) in [5, 5.41) is 11.5. The SMILES string of the molecule is CCCc1cc(N(CC)CC/C(N)=N/O)ncn1. The van der Waals surface area contributed by atoms with Crippen LogP contribution in [0.25, 0.3) is 0 Å². The van der Waals surface area contributed by atoms with Crippen LogP contribution in [-0.4, -0.2) is 34.1 Å². The molecule has 1 rings (SSSR count). The van der Waals surface area contributed by atoms with Gasteiger partial charge in [0.15, 0.2) is 0 Å². The molecule has 1 heterocycles. The van der Waals surface area contributed by atoms with E-state index in [0.717, 1.165) is 30.9 Å². The van der Waals surface area contributed by atoms with E-state index in [4.69, 9.17) is 10.9 Å². The molecule has 0 aliphatic carbocycles. The second kappa shape index (κ2) is 7.47. The van der Waals surface area contributed by atoms with Crippen molar-refractivity contribution in [2.75, 3.05) is 18.0 Å². The van der Waals surface area contributed by atoms with Crippen molar-refractivity contribution in [2.24, 2.45) is 10.9 Å². The van der Waals surface area contributed by atoms with E-state index in [1.54, 1.807) is 6.33 Å². The molecule has 0 spiro atoms. The zero-order valence-corrected chi connectivity index (χ0v) is 11.0. The molecular weight excluding hydrogens is 230 g/mol. The summed E-state index contributed by atoms with van der Waals surface area (Å²) in [5.74, 6) is 1.12. The first-order valence-electron chi connectivity index (χ1n) is 6.23. The molecule has 1 aromatic heterocycles. The second-order valence-electron chi connectivity index (χ2n) is 4.04. The van der Waals surface area contributed by atoms with Gasteiger partial charge >= 0.3 is 0 Å². The van der Waals surface area contributed by atoms with Gasteiger partial charge in [0.2, 0.25) is 0 Å². The largest absolute Gasteiger partial charge is 0.409 e. The van der Waals surface area contributed by atoms with Crippen LogP contribution in [0.1, 0.15) is 32.4 Å². The Balaban J connectivity index is 2.71. The fourth-order valence-electron chi connectivity index (χ4n) is 1.69. The van der Waals surface area contributed by atoms with Crippen LogP contribution in [-0.2, 0) is 6.42 Å². The highest BCUT2D eigenvalue weighted by Crippen LogP contribution is 2.12. The van der Waals surface area contributed by atoms with Crippen LogP contribution in [0, 0.1) is 0 Å². The number of hydrogen-bond donors (Lipinski definition) is 2. The maximum absolute atomic E-state index is 8.52. The number of nitrogens with zero attached hydrogens (tertiary/aromatic N) is 4. The van der Waals surface area contributed by atoms with Crippen molar-refractivity contribution in [3.05, 3.63) is 18.1 Å². The highest BCUT2D eigenvalue weighted by molar-refractivity contribution is 5.80. The zero-order valence-electron chi connectivity index (χ0n) is 11.0. The van der Waals surface area contributed by atoms with Crippen LogP contribution >= 0.6 is 0 Å². The Bertz CT molecular complexity index is 394. The summed E-state index contributed by atoms with van der Waals surface area (Å²) >= 11 is 0. The summed E-state index contributed by atoms with van der Waals surface area (Å²) in [4.78, 5) is 10.6. The highest BCUT2D eigenvalue weighted by atomic mass is 16.4. The van der Waals surface area contributed by atoms with Gasteiger partial charge in [-0.3, -0.25) is 0 Å². The fourth-order valence-corrected chi connectivity index (χ4v) is 1.69. The molecule has 0 aromatic carbocycles. The third-order valence-electron chi connectivity index (χ3n) is 2.69. The summed E-state index contributed by atoms with van der Waals surface area (Å²) in [6.45, 7) is 5.67. The minimum absolute atomic E-state index is 0.233. The van der Waals surface area contributed by atoms with Gasteiger partial charge in [-0.2, -0.15) is 0 Å². The van der Waals surface area contributed by atoms with E-state index < -0.39 is 0 Å². The molecule has 0 fully saturated rings. The van der Waals surface area contributed by atoms with E-state index in [0.29, 0.717) is 13.0 Å². The highest BCUT2D eigenvalue weighted by Gasteiger charge is 2.08. The van der Waals surface area contributed by atoms with Gasteiger partial charge < -0.3 is 15.8 Å². The molecule has 0 bridgehead atoms. The van der Waals surface area contributed by atoms with Gasteiger partial charge in [-0.05, 0) is 13.3 Å². The zero-order chi connectivity index (χ0) is 13.4. The Kier molecular flexibility index (Phi) is 5.90. The third-order valence-corrected chi connectivity index (χ3v) is 2.69. The lowest BCUT2D eigenvalue weighted by molar-refractivity contribution is 0.317. The number of aromatic nitrogens is 2. The van der Waals surface area contributed by atoms with Crippen LogP contribution in [0.4, 0.5) is 5.82 Å². The lowest BCUT2D eigenvalue weighted by Gasteiger charge is -2.21. The molecule has 0 radical (unpaired) electrons. The summed E-state index contributed by atoms with van der Waals surface area (Å²) in [6.07, 6.45) is 4.12. The van der Waals surface area contributed by atoms with Gasteiger partial charge in [0.05, 0.1) is 0 Å². The maximum Gasteiger partial charge on any atom is 0.140 e. The van der Waals surface area contributed by atoms with Gasteiger partial charge in [0.25, 0.3) is 0 Å². The molecule has 1 aromatic rings. The van der Waals surface area contributed by atoms with Crippen molar-refractivity contribution < 1.29 is 5.21 Å². The lowest BCUT2D eigenvalue weighted by atomic mass is 10.2. The van der Waals surface area contributed by atoms with E-state index in [1.165, 1.54) is 0 Å². The van der Waals surface area contributed by atoms with Crippen molar-refractivity contribution in [3.63, 3.8) is 0 Å². The molecule has 6 heteroatoms. The standard InChI is InChI=1S/C12H21N5O/c1-3-5-10-8-12(15-9-14-10)17(4-2)7-6-11(13)16-18/h8-9,18H,3-7H2,1-2H3,(H2,13,16). The number of nitrogens with two attached hydrogens (primary N) is 1. The van der Waals surface area contributed by atoms with Crippen LogP contribution in [0.5, 0.6) is 0 Å². The first kappa shape index (κ1) is 14.2. The summed E-state index contributed by atoms with van der Waals surface area (Å²) in [5.41, 5.74) is 6.52. The molecule has 0 unspecified atom stereocenters. The topological polar surface area (TPSA) is 87.6 Å². The first-order chi connectivity index (χ1) is 8.71. The van der Waals surface area contributed by atoms with Gasteiger partial charge in [0.1, 0.15) is 18.0 Å². The Morgan fingerprint density at radius 1 is 1.44 bits per heavy atom. The Morgan fingerprint density at radius 2 is 2.22 bits per heavy atom. The molecule has 6 nitrogen and oxygen atoms in total. The molecule has 0 atom stereocenters. The molecular formula is C12H21N5O. The molecule has 0 amide bonds. The van der Waals surface area contributed by atoms with E-state index in [9.17, 15) is 0 Å². The Hall–Kier alpha value is -1.85. The van der Waals surface area contributed by atoms with Gasteiger partial charge in [-0.1, -0.05) is 18.5 Å². The average molecular weight is 251 g/mol. The minimum Gasteiger partial charge on any atom is -0.409 e. The number of aryl methyl sites for hydroxylation is 1. The maximum atomic E-state index is 8.52. The number of anilines is 1. The van der Waals surface area contributed by atoms with E-state index in [2.05, 4.69) is 26.9 Å². The molecule has 0 saturated heterocycles. The predicted molar refractivity (Wildman–Crippen MR) is 71.9 cm³/mol. The molecule has 18 heavy (non-hydrogen) atoms. The predicted octanol–water partition coefficient (Wildman–Crippen LogP) is 1.39. The molecule has 0 saturated carbocycles. The monoisotopic (exact) mass is 251 g/mol. The lowest BCUT2D eigenvalue weighted by Crippen LogP contribution is -2.28.